The van der Waals surface area contributed by atoms with E-state index in [1.165, 1.54) is 57.8 Å². The van der Waals surface area contributed by atoms with Gasteiger partial charge in [-0.2, -0.15) is 12.6 Å². The Morgan fingerprint density at radius 2 is 0.913 bits per heavy atom. The van der Waals surface area contributed by atoms with Gasteiger partial charge < -0.3 is 14.2 Å². The van der Waals surface area contributed by atoms with Gasteiger partial charge in [-0.05, 0) is 39.4 Å². The van der Waals surface area contributed by atoms with Gasteiger partial charge in [0.2, 0.25) is 0 Å². The summed E-state index contributed by atoms with van der Waals surface area (Å²) in [5, 5.41) is 0. The highest BCUT2D eigenvalue weighted by Gasteiger charge is 2.31. The molecule has 3 nitrogen and oxygen atoms in total. The van der Waals surface area contributed by atoms with Crippen molar-refractivity contribution in [2.75, 3.05) is 25.6 Å². The largest absolute Gasteiger partial charge is 0.328 e. The Kier molecular flexibility index (Phi) is 17.2. The zero-order chi connectivity index (χ0) is 17.2. The fraction of sp³-hybridized carbons (Fsp3) is 1.00. The molecule has 0 aliphatic rings. The average Bonchev–Trinajstić information content (AvgIpc) is 2.53. The predicted octanol–water partition coefficient (Wildman–Crippen LogP) is 5.97. The summed E-state index contributed by atoms with van der Waals surface area (Å²) < 4.78 is 17.3. The van der Waals surface area contributed by atoms with Gasteiger partial charge in [0, 0.05) is 26.2 Å². The van der Waals surface area contributed by atoms with E-state index < -0.39 is 5.97 Å². The van der Waals surface area contributed by atoms with Crippen LogP contribution in [0, 0.1) is 0 Å². The molecule has 0 amide bonds. The molecule has 0 aromatic heterocycles. The maximum atomic E-state index is 5.75. The first-order chi connectivity index (χ1) is 11.2. The lowest BCUT2D eigenvalue weighted by atomic mass is 10.1. The van der Waals surface area contributed by atoms with E-state index in [0.29, 0.717) is 19.8 Å². The molecule has 4 heteroatoms. The first-order valence-electron chi connectivity index (χ1n) is 9.77. The Balaban J connectivity index is 3.65. The monoisotopic (exact) mass is 348 g/mol. The highest BCUT2D eigenvalue weighted by molar-refractivity contribution is 7.80. The molecule has 0 heterocycles. The van der Waals surface area contributed by atoms with Crippen LogP contribution in [0.25, 0.3) is 0 Å². The van der Waals surface area contributed by atoms with Crippen LogP contribution in [-0.2, 0) is 14.2 Å². The molecule has 23 heavy (non-hydrogen) atoms. The molecule has 0 radical (unpaired) electrons. The molecule has 0 aliphatic heterocycles. The van der Waals surface area contributed by atoms with E-state index in [-0.39, 0.29) is 0 Å². The van der Waals surface area contributed by atoms with Crippen LogP contribution in [0.15, 0.2) is 0 Å². The van der Waals surface area contributed by atoms with Crippen LogP contribution in [0.4, 0.5) is 0 Å². The van der Waals surface area contributed by atoms with Gasteiger partial charge in [0.15, 0.2) is 0 Å². The zero-order valence-electron chi connectivity index (χ0n) is 15.8. The van der Waals surface area contributed by atoms with Crippen LogP contribution in [0.1, 0.15) is 91.4 Å². The van der Waals surface area contributed by atoms with Gasteiger partial charge in [0.05, 0.1) is 0 Å². The molecule has 0 aromatic carbocycles. The van der Waals surface area contributed by atoms with Crippen molar-refractivity contribution in [2.45, 2.75) is 97.4 Å². The fourth-order valence-electron chi connectivity index (χ4n) is 2.87. The normalized spacial score (nSPS) is 12.0. The third kappa shape index (κ3) is 13.2. The molecule has 0 rings (SSSR count). The first kappa shape index (κ1) is 23.2. The topological polar surface area (TPSA) is 27.7 Å². The number of rotatable bonds is 18. The average molecular weight is 349 g/mol. The molecule has 0 atom stereocenters. The van der Waals surface area contributed by atoms with Crippen molar-refractivity contribution in [1.29, 1.82) is 0 Å². The van der Waals surface area contributed by atoms with E-state index in [9.17, 15) is 0 Å². The Bertz CT molecular complexity index is 220. The number of ether oxygens (including phenoxy) is 3. The number of hydrogen-bond acceptors (Lipinski definition) is 4. The molecule has 0 bridgehead atoms. The Hall–Kier alpha value is 0.230. The second-order valence-corrected chi connectivity index (χ2v) is 6.44. The molecular formula is C19H40O3S. The second kappa shape index (κ2) is 17.1. The summed E-state index contributed by atoms with van der Waals surface area (Å²) in [6.07, 6.45) is 13.9. The fourth-order valence-corrected chi connectivity index (χ4v) is 3.09. The van der Waals surface area contributed by atoms with Crippen molar-refractivity contribution in [1.82, 2.24) is 0 Å². The van der Waals surface area contributed by atoms with E-state index in [4.69, 9.17) is 14.2 Å². The molecule has 0 aliphatic carbocycles. The zero-order valence-corrected chi connectivity index (χ0v) is 16.7. The highest BCUT2D eigenvalue weighted by Crippen LogP contribution is 2.24. The molecule has 0 saturated heterocycles. The highest BCUT2D eigenvalue weighted by atomic mass is 32.1. The van der Waals surface area contributed by atoms with Crippen LogP contribution in [0.3, 0.4) is 0 Å². The number of unbranched alkanes of at least 4 members (excludes halogenated alkanes) is 9. The molecule has 0 spiro atoms. The SMILES string of the molecule is CCOC(CCCCCCCCCCCCS)(OCC)OCC. The van der Waals surface area contributed by atoms with Crippen LogP contribution in [0.5, 0.6) is 0 Å². The molecule has 0 saturated carbocycles. The number of thiol groups is 1. The summed E-state index contributed by atoms with van der Waals surface area (Å²) >= 11 is 4.24. The second-order valence-electron chi connectivity index (χ2n) is 5.99. The van der Waals surface area contributed by atoms with Crippen LogP contribution >= 0.6 is 12.6 Å². The third-order valence-electron chi connectivity index (χ3n) is 3.98. The van der Waals surface area contributed by atoms with E-state index in [2.05, 4.69) is 12.6 Å². The first-order valence-corrected chi connectivity index (χ1v) is 10.4. The summed E-state index contributed by atoms with van der Waals surface area (Å²) in [5.74, 6) is 0.220. The van der Waals surface area contributed by atoms with E-state index in [1.54, 1.807) is 0 Å². The Morgan fingerprint density at radius 1 is 0.565 bits per heavy atom. The molecule has 140 valence electrons. The maximum absolute atomic E-state index is 5.75. The van der Waals surface area contributed by atoms with Crippen molar-refractivity contribution in [3.63, 3.8) is 0 Å². The Labute approximate surface area is 150 Å². The van der Waals surface area contributed by atoms with Gasteiger partial charge in [0.25, 0.3) is 5.97 Å². The smallest absolute Gasteiger partial charge is 0.282 e. The van der Waals surface area contributed by atoms with Gasteiger partial charge in [-0.15, -0.1) is 0 Å². The standard InChI is InChI=1S/C19H40O3S/c1-4-20-19(21-5-2,22-6-3)17-15-13-11-9-7-8-10-12-14-16-18-23/h23H,4-18H2,1-3H3. The third-order valence-corrected chi connectivity index (χ3v) is 4.30. The van der Waals surface area contributed by atoms with Crippen molar-refractivity contribution in [3.05, 3.63) is 0 Å². The lowest BCUT2D eigenvalue weighted by molar-refractivity contribution is -0.380. The summed E-state index contributed by atoms with van der Waals surface area (Å²) in [4.78, 5) is 0. The van der Waals surface area contributed by atoms with Crippen molar-refractivity contribution in [2.24, 2.45) is 0 Å². The van der Waals surface area contributed by atoms with Crippen molar-refractivity contribution < 1.29 is 14.2 Å². The number of hydrogen-bond donors (Lipinski definition) is 1. The van der Waals surface area contributed by atoms with Crippen molar-refractivity contribution >= 4 is 12.6 Å². The quantitative estimate of drug-likeness (QED) is 0.188. The summed E-state index contributed by atoms with van der Waals surface area (Å²) in [6.45, 7) is 7.82. The van der Waals surface area contributed by atoms with E-state index in [1.807, 2.05) is 20.8 Å². The van der Waals surface area contributed by atoms with E-state index in [0.717, 1.165) is 18.6 Å². The molecule has 0 aromatic rings. The van der Waals surface area contributed by atoms with E-state index >= 15 is 0 Å². The summed E-state index contributed by atoms with van der Waals surface area (Å²) in [5.41, 5.74) is 0. The lowest BCUT2D eigenvalue weighted by Gasteiger charge is -2.32. The van der Waals surface area contributed by atoms with Gasteiger partial charge in [-0.3, -0.25) is 0 Å². The molecule has 0 fully saturated rings. The minimum absolute atomic E-state index is 0.618. The van der Waals surface area contributed by atoms with Crippen LogP contribution in [0.2, 0.25) is 0 Å². The van der Waals surface area contributed by atoms with Crippen molar-refractivity contribution in [3.8, 4) is 0 Å². The molecule has 0 unspecified atom stereocenters. The summed E-state index contributed by atoms with van der Waals surface area (Å²) in [7, 11) is 0. The minimum Gasteiger partial charge on any atom is -0.328 e. The van der Waals surface area contributed by atoms with Crippen LogP contribution < -0.4 is 0 Å². The van der Waals surface area contributed by atoms with Gasteiger partial charge in [0.1, 0.15) is 0 Å². The Morgan fingerprint density at radius 3 is 1.26 bits per heavy atom. The summed E-state index contributed by atoms with van der Waals surface area (Å²) in [6, 6.07) is 0. The van der Waals surface area contributed by atoms with Gasteiger partial charge in [-0.1, -0.05) is 51.4 Å². The van der Waals surface area contributed by atoms with Gasteiger partial charge in [-0.25, -0.2) is 0 Å². The molecule has 0 N–H and O–H groups in total. The maximum Gasteiger partial charge on any atom is 0.282 e. The van der Waals surface area contributed by atoms with Crippen LogP contribution in [-0.4, -0.2) is 31.5 Å². The minimum atomic E-state index is -0.814. The molecular weight excluding hydrogens is 308 g/mol. The lowest BCUT2D eigenvalue weighted by Crippen LogP contribution is -2.39. The van der Waals surface area contributed by atoms with Gasteiger partial charge >= 0.3 is 0 Å². The predicted molar refractivity (Wildman–Crippen MR) is 102 cm³/mol.